The zero-order valence-corrected chi connectivity index (χ0v) is 14.1. The molecule has 1 aromatic carbocycles. The number of nitrogens with one attached hydrogen (secondary N) is 1. The molecule has 1 aromatic rings. The molecule has 1 fully saturated rings. The maximum absolute atomic E-state index is 12.1. The predicted molar refractivity (Wildman–Crippen MR) is 88.8 cm³/mol. The van der Waals surface area contributed by atoms with Gasteiger partial charge in [-0.25, -0.2) is 8.42 Å². The van der Waals surface area contributed by atoms with Crippen LogP contribution in [0, 0.1) is 11.8 Å². The third-order valence-corrected chi connectivity index (χ3v) is 6.60. The van der Waals surface area contributed by atoms with Gasteiger partial charge in [-0.05, 0) is 36.8 Å². The molecule has 0 spiro atoms. The molecule has 118 valence electrons. The van der Waals surface area contributed by atoms with Crippen LogP contribution in [0.2, 0.25) is 0 Å². The number of alkyl halides is 1. The van der Waals surface area contributed by atoms with Gasteiger partial charge in [-0.2, -0.15) is 0 Å². The molecule has 0 saturated heterocycles. The van der Waals surface area contributed by atoms with E-state index in [-0.39, 0.29) is 5.75 Å². The second-order valence-electron chi connectivity index (χ2n) is 5.74. The standard InChI is InChI=1S/C16H24ClNO2S/c1-2-21(19,20)16-10-6-5-9-15(16)18-12-14-8-4-3-7-13(14)11-17/h5-6,9-10,13-14,18H,2-4,7-8,11-12H2,1H3. The van der Waals surface area contributed by atoms with Gasteiger partial charge in [0, 0.05) is 12.4 Å². The van der Waals surface area contributed by atoms with Gasteiger partial charge in [0.25, 0.3) is 0 Å². The van der Waals surface area contributed by atoms with Gasteiger partial charge >= 0.3 is 0 Å². The van der Waals surface area contributed by atoms with E-state index in [0.29, 0.717) is 22.6 Å². The summed E-state index contributed by atoms with van der Waals surface area (Å²) in [6, 6.07) is 7.18. The van der Waals surface area contributed by atoms with Crippen molar-refractivity contribution in [2.24, 2.45) is 11.8 Å². The van der Waals surface area contributed by atoms with Crippen LogP contribution in [0.1, 0.15) is 32.6 Å². The van der Waals surface area contributed by atoms with E-state index in [2.05, 4.69) is 5.32 Å². The van der Waals surface area contributed by atoms with Gasteiger partial charge in [-0.3, -0.25) is 0 Å². The first kappa shape index (κ1) is 16.6. The number of anilines is 1. The first-order valence-corrected chi connectivity index (χ1v) is 9.88. The monoisotopic (exact) mass is 329 g/mol. The van der Waals surface area contributed by atoms with Crippen molar-refractivity contribution in [3.05, 3.63) is 24.3 Å². The smallest absolute Gasteiger partial charge is 0.180 e. The first-order chi connectivity index (χ1) is 10.1. The van der Waals surface area contributed by atoms with Gasteiger partial charge in [0.1, 0.15) is 0 Å². The molecule has 21 heavy (non-hydrogen) atoms. The highest BCUT2D eigenvalue weighted by Gasteiger charge is 2.25. The number of para-hydroxylation sites is 1. The van der Waals surface area contributed by atoms with E-state index in [1.807, 2.05) is 12.1 Å². The van der Waals surface area contributed by atoms with Crippen LogP contribution >= 0.6 is 11.6 Å². The topological polar surface area (TPSA) is 46.2 Å². The maximum Gasteiger partial charge on any atom is 0.180 e. The van der Waals surface area contributed by atoms with Gasteiger partial charge in [0.05, 0.1) is 16.3 Å². The van der Waals surface area contributed by atoms with E-state index < -0.39 is 9.84 Å². The van der Waals surface area contributed by atoms with Crippen LogP contribution in [0.4, 0.5) is 5.69 Å². The maximum atomic E-state index is 12.1. The lowest BCUT2D eigenvalue weighted by Gasteiger charge is -2.30. The summed E-state index contributed by atoms with van der Waals surface area (Å²) in [5.41, 5.74) is 0.721. The van der Waals surface area contributed by atoms with Crippen molar-refractivity contribution in [3.63, 3.8) is 0 Å². The van der Waals surface area contributed by atoms with Crippen LogP contribution in [-0.2, 0) is 9.84 Å². The van der Waals surface area contributed by atoms with Gasteiger partial charge in [0.15, 0.2) is 9.84 Å². The first-order valence-electron chi connectivity index (χ1n) is 7.70. The number of hydrogen-bond acceptors (Lipinski definition) is 3. The molecule has 2 rings (SSSR count). The van der Waals surface area contributed by atoms with Crippen molar-refractivity contribution in [3.8, 4) is 0 Å². The van der Waals surface area contributed by atoms with E-state index >= 15 is 0 Å². The minimum absolute atomic E-state index is 0.124. The fourth-order valence-corrected chi connectivity index (χ4v) is 4.52. The summed E-state index contributed by atoms with van der Waals surface area (Å²) >= 11 is 6.06. The molecule has 1 saturated carbocycles. The van der Waals surface area contributed by atoms with E-state index in [1.54, 1.807) is 19.1 Å². The minimum Gasteiger partial charge on any atom is -0.384 e. The Morgan fingerprint density at radius 3 is 2.52 bits per heavy atom. The van der Waals surface area contributed by atoms with Crippen molar-refractivity contribution in [2.45, 2.75) is 37.5 Å². The molecular formula is C16H24ClNO2S. The lowest BCUT2D eigenvalue weighted by atomic mass is 9.80. The number of sulfone groups is 1. The molecule has 1 N–H and O–H groups in total. The average Bonchev–Trinajstić information content (AvgIpc) is 2.53. The number of rotatable bonds is 6. The molecule has 2 unspecified atom stereocenters. The van der Waals surface area contributed by atoms with Crippen molar-refractivity contribution in [1.29, 1.82) is 0 Å². The Bertz CT molecular complexity index is 559. The summed E-state index contributed by atoms with van der Waals surface area (Å²) in [5, 5.41) is 3.35. The summed E-state index contributed by atoms with van der Waals surface area (Å²) < 4.78 is 24.3. The van der Waals surface area contributed by atoms with E-state index in [1.165, 1.54) is 25.7 Å². The molecule has 0 heterocycles. The molecule has 3 nitrogen and oxygen atoms in total. The Kier molecular flexibility index (Phi) is 5.94. The highest BCUT2D eigenvalue weighted by atomic mass is 35.5. The molecule has 0 radical (unpaired) electrons. The van der Waals surface area contributed by atoms with Crippen molar-refractivity contribution in [2.75, 3.05) is 23.5 Å². The Balaban J connectivity index is 2.10. The molecule has 0 amide bonds. The molecule has 1 aliphatic rings. The largest absolute Gasteiger partial charge is 0.384 e. The summed E-state index contributed by atoms with van der Waals surface area (Å²) in [4.78, 5) is 0.408. The zero-order chi connectivity index (χ0) is 15.3. The molecule has 0 aromatic heterocycles. The second-order valence-corrected chi connectivity index (χ2v) is 8.29. The molecule has 0 bridgehead atoms. The van der Waals surface area contributed by atoms with E-state index in [9.17, 15) is 8.42 Å². The molecule has 0 aliphatic heterocycles. The Morgan fingerprint density at radius 2 is 1.86 bits per heavy atom. The minimum atomic E-state index is -3.19. The highest BCUT2D eigenvalue weighted by Crippen LogP contribution is 2.32. The van der Waals surface area contributed by atoms with Crippen LogP contribution in [0.25, 0.3) is 0 Å². The van der Waals surface area contributed by atoms with Crippen LogP contribution < -0.4 is 5.32 Å². The lowest BCUT2D eigenvalue weighted by Crippen LogP contribution is -2.27. The highest BCUT2D eigenvalue weighted by molar-refractivity contribution is 7.91. The molecule has 1 aliphatic carbocycles. The molecular weight excluding hydrogens is 306 g/mol. The fraction of sp³-hybridized carbons (Fsp3) is 0.625. The van der Waals surface area contributed by atoms with Crippen LogP contribution in [0.15, 0.2) is 29.2 Å². The number of benzene rings is 1. The van der Waals surface area contributed by atoms with Crippen molar-refractivity contribution >= 4 is 27.1 Å². The van der Waals surface area contributed by atoms with Crippen LogP contribution in [0.5, 0.6) is 0 Å². The normalized spacial score (nSPS) is 23.0. The summed E-state index contributed by atoms with van der Waals surface area (Å²) in [6.45, 7) is 2.48. The van der Waals surface area contributed by atoms with Gasteiger partial charge in [-0.15, -0.1) is 11.6 Å². The number of halogens is 1. The van der Waals surface area contributed by atoms with Gasteiger partial charge in [0.2, 0.25) is 0 Å². The Morgan fingerprint density at radius 1 is 1.19 bits per heavy atom. The quantitative estimate of drug-likeness (QED) is 0.804. The van der Waals surface area contributed by atoms with Crippen LogP contribution in [0.3, 0.4) is 0 Å². The Hall–Kier alpha value is -0.740. The van der Waals surface area contributed by atoms with Crippen molar-refractivity contribution < 1.29 is 8.42 Å². The summed E-state index contributed by atoms with van der Waals surface area (Å²) in [6.07, 6.45) is 4.86. The SMILES string of the molecule is CCS(=O)(=O)c1ccccc1NCC1CCCCC1CCl. The van der Waals surface area contributed by atoms with E-state index in [4.69, 9.17) is 11.6 Å². The van der Waals surface area contributed by atoms with Crippen molar-refractivity contribution in [1.82, 2.24) is 0 Å². The molecule has 5 heteroatoms. The Labute approximate surface area is 133 Å². The molecule has 2 atom stereocenters. The van der Waals surface area contributed by atoms with E-state index in [0.717, 1.165) is 12.2 Å². The third kappa shape index (κ3) is 4.13. The fourth-order valence-electron chi connectivity index (χ4n) is 3.04. The lowest BCUT2D eigenvalue weighted by molar-refractivity contribution is 0.272. The van der Waals surface area contributed by atoms with Crippen LogP contribution in [-0.4, -0.2) is 26.6 Å². The average molecular weight is 330 g/mol. The summed E-state index contributed by atoms with van der Waals surface area (Å²) in [7, 11) is -3.19. The third-order valence-electron chi connectivity index (χ3n) is 4.42. The van der Waals surface area contributed by atoms with Gasteiger partial charge in [-0.1, -0.05) is 31.9 Å². The summed E-state index contributed by atoms with van der Waals surface area (Å²) in [5.74, 6) is 1.90. The zero-order valence-electron chi connectivity index (χ0n) is 12.5. The second kappa shape index (κ2) is 7.50. The number of hydrogen-bond donors (Lipinski definition) is 1. The predicted octanol–water partition coefficient (Wildman–Crippen LogP) is 3.94. The van der Waals surface area contributed by atoms with Gasteiger partial charge < -0.3 is 5.32 Å².